The van der Waals surface area contributed by atoms with Gasteiger partial charge in [0.15, 0.2) is 0 Å². The molecule has 0 heterocycles. The van der Waals surface area contributed by atoms with Crippen LogP contribution in [0.2, 0.25) is 0 Å². The smallest absolute Gasteiger partial charge is 0.457 e. The lowest BCUT2D eigenvalue weighted by Crippen LogP contribution is -2.04. The third-order valence-electron chi connectivity index (χ3n) is 10.7. The van der Waals surface area contributed by atoms with Gasteiger partial charge in [-0.25, -0.2) is 4.57 Å². The summed E-state index contributed by atoms with van der Waals surface area (Å²) in [5.74, 6) is 2.05. The molecule has 4 aromatic carbocycles. The van der Waals surface area contributed by atoms with E-state index in [0.717, 1.165) is 24.3 Å². The molecule has 0 aliphatic rings. The number of hydrogen-bond acceptors (Lipinski definition) is 2. The van der Waals surface area contributed by atoms with E-state index in [0.29, 0.717) is 0 Å². The van der Waals surface area contributed by atoms with E-state index < -0.39 is 7.82 Å². The van der Waals surface area contributed by atoms with Crippen LogP contribution in [0.1, 0.15) is 159 Å². The Kier molecular flexibility index (Phi) is 21.2. The third kappa shape index (κ3) is 17.2. The van der Waals surface area contributed by atoms with Crippen molar-refractivity contribution in [1.29, 1.82) is 0 Å². The van der Waals surface area contributed by atoms with Crippen LogP contribution in [0.4, 0.5) is 0 Å². The van der Waals surface area contributed by atoms with Crippen LogP contribution in [0.15, 0.2) is 72.8 Å². The first-order valence-electron chi connectivity index (χ1n) is 21.1. The number of rotatable bonds is 22. The van der Waals surface area contributed by atoms with E-state index in [4.69, 9.17) is 24.0 Å². The minimum absolute atomic E-state index is 1.03. The van der Waals surface area contributed by atoms with Crippen LogP contribution < -0.4 is 4.74 Å². The number of aryl methyl sites for hydroxylation is 2. The molecule has 0 radical (unpaired) electrons. The van der Waals surface area contributed by atoms with Crippen molar-refractivity contribution in [3.8, 4) is 11.5 Å². The summed E-state index contributed by atoms with van der Waals surface area (Å²) < 4.78 is 16.1. The van der Waals surface area contributed by atoms with E-state index in [2.05, 4.69) is 139 Å². The fourth-order valence-corrected chi connectivity index (χ4v) is 7.20. The molecule has 0 spiro atoms. The summed E-state index contributed by atoms with van der Waals surface area (Å²) in [5.41, 5.74) is 13.0. The highest BCUT2D eigenvalue weighted by atomic mass is 31.2. The number of benzene rings is 4. The summed E-state index contributed by atoms with van der Waals surface area (Å²) in [6.07, 6.45) is 29.5. The lowest BCUT2D eigenvalue weighted by atomic mass is 9.91. The minimum atomic E-state index is -4.64. The molecule has 4 rings (SSSR count). The summed E-state index contributed by atoms with van der Waals surface area (Å²) in [5, 5.41) is 0. The Morgan fingerprint density at radius 2 is 0.821 bits per heavy atom. The minimum Gasteiger partial charge on any atom is -0.457 e. The zero-order valence-electron chi connectivity index (χ0n) is 35.2. The molecule has 0 aliphatic heterocycles. The van der Waals surface area contributed by atoms with E-state index >= 15 is 0 Å². The molecular weight excluding hydrogens is 712 g/mol. The van der Waals surface area contributed by atoms with Crippen molar-refractivity contribution in [2.45, 2.75) is 144 Å². The normalized spacial score (nSPS) is 11.7. The maximum Gasteiger partial charge on any atom is 0.466 e. The largest absolute Gasteiger partial charge is 0.466 e. The maximum atomic E-state index is 8.88. The van der Waals surface area contributed by atoms with Crippen molar-refractivity contribution >= 4 is 32.1 Å². The molecule has 0 aliphatic carbocycles. The predicted molar refractivity (Wildman–Crippen MR) is 240 cm³/mol. The van der Waals surface area contributed by atoms with E-state index in [1.807, 2.05) is 0 Å². The Hall–Kier alpha value is -3.73. The fraction of sp³-hybridized carbons (Fsp3) is 0.440. The second-order valence-electron chi connectivity index (χ2n) is 15.3. The second-order valence-corrected chi connectivity index (χ2v) is 16.3. The number of phosphoric acid groups is 1. The summed E-state index contributed by atoms with van der Waals surface area (Å²) in [7, 11) is -4.64. The van der Waals surface area contributed by atoms with Crippen molar-refractivity contribution in [1.82, 2.24) is 0 Å². The van der Waals surface area contributed by atoms with Crippen LogP contribution in [0.3, 0.4) is 0 Å². The molecule has 0 aromatic heterocycles. The topological polar surface area (TPSA) is 87.0 Å². The van der Waals surface area contributed by atoms with E-state index in [9.17, 15) is 0 Å². The zero-order chi connectivity index (χ0) is 40.8. The van der Waals surface area contributed by atoms with Gasteiger partial charge in [-0.2, -0.15) is 0 Å². The van der Waals surface area contributed by atoms with E-state index in [1.54, 1.807) is 0 Å². The molecule has 0 fully saturated rings. The Morgan fingerprint density at radius 3 is 1.16 bits per heavy atom. The Morgan fingerprint density at radius 1 is 0.500 bits per heavy atom. The van der Waals surface area contributed by atoms with Crippen LogP contribution in [0, 0.1) is 27.7 Å². The van der Waals surface area contributed by atoms with Crippen LogP contribution in [0.25, 0.3) is 24.3 Å². The van der Waals surface area contributed by atoms with Crippen molar-refractivity contribution in [3.05, 3.63) is 128 Å². The van der Waals surface area contributed by atoms with Gasteiger partial charge in [0, 0.05) is 11.1 Å². The van der Waals surface area contributed by atoms with Gasteiger partial charge in [-0.1, -0.05) is 176 Å². The van der Waals surface area contributed by atoms with Gasteiger partial charge >= 0.3 is 7.82 Å². The Labute approximate surface area is 339 Å². The second kappa shape index (κ2) is 25.5. The summed E-state index contributed by atoms with van der Waals surface area (Å²) in [6.45, 7) is 13.6. The van der Waals surface area contributed by atoms with Crippen LogP contribution in [0.5, 0.6) is 11.5 Å². The molecule has 3 N–H and O–H groups in total. The lowest BCUT2D eigenvalue weighted by Gasteiger charge is -2.22. The first kappa shape index (κ1) is 46.7. The average molecular weight is 781 g/mol. The molecule has 0 atom stereocenters. The molecule has 0 unspecified atom stereocenters. The van der Waals surface area contributed by atoms with Crippen LogP contribution in [-0.4, -0.2) is 14.7 Å². The summed E-state index contributed by atoms with van der Waals surface area (Å²) >= 11 is 0. The highest BCUT2D eigenvalue weighted by Crippen LogP contribution is 2.39. The SMILES string of the molecule is CCCCCCCCCc1c(Oc2cc(C)c(C)c(C=Cc3ccccc3)c2CCCCCCCCC)cc(C)c(C)c1C=Cc1ccccc1.O=P(O)(O)O. The number of hydrogen-bond donors (Lipinski definition) is 3. The van der Waals surface area contributed by atoms with Crippen LogP contribution in [-0.2, 0) is 17.4 Å². The molecule has 0 saturated carbocycles. The Bertz CT molecular complexity index is 1710. The first-order chi connectivity index (χ1) is 26.9. The van der Waals surface area contributed by atoms with Crippen molar-refractivity contribution < 1.29 is 24.0 Å². The van der Waals surface area contributed by atoms with Crippen molar-refractivity contribution in [2.24, 2.45) is 0 Å². The number of unbranched alkanes of at least 4 members (excludes halogenated alkanes) is 12. The quantitative estimate of drug-likeness (QED) is 0.0420. The summed E-state index contributed by atoms with van der Waals surface area (Å²) in [4.78, 5) is 21.6. The van der Waals surface area contributed by atoms with Gasteiger partial charge in [0.05, 0.1) is 0 Å². The highest BCUT2D eigenvalue weighted by Gasteiger charge is 2.19. The first-order valence-corrected chi connectivity index (χ1v) is 22.7. The molecule has 0 amide bonds. The van der Waals surface area contributed by atoms with Gasteiger partial charge in [-0.05, 0) is 110 Å². The fourth-order valence-electron chi connectivity index (χ4n) is 7.20. The van der Waals surface area contributed by atoms with Gasteiger partial charge in [0.25, 0.3) is 0 Å². The van der Waals surface area contributed by atoms with Gasteiger partial charge in [0.2, 0.25) is 0 Å². The maximum absolute atomic E-state index is 8.88. The Balaban J connectivity index is 0.00000158. The van der Waals surface area contributed by atoms with Crippen LogP contribution >= 0.6 is 7.82 Å². The molecule has 0 saturated heterocycles. The third-order valence-corrected chi connectivity index (χ3v) is 10.7. The monoisotopic (exact) mass is 780 g/mol. The van der Waals surface area contributed by atoms with Gasteiger partial charge in [0.1, 0.15) is 11.5 Å². The van der Waals surface area contributed by atoms with E-state index in [-0.39, 0.29) is 0 Å². The predicted octanol–water partition coefficient (Wildman–Crippen LogP) is 14.7. The molecular formula is C50H69O5P. The average Bonchev–Trinajstić information content (AvgIpc) is 3.17. The van der Waals surface area contributed by atoms with E-state index in [1.165, 1.54) is 146 Å². The molecule has 6 heteroatoms. The van der Waals surface area contributed by atoms with Gasteiger partial charge < -0.3 is 19.4 Å². The molecule has 0 bridgehead atoms. The molecule has 56 heavy (non-hydrogen) atoms. The highest BCUT2D eigenvalue weighted by molar-refractivity contribution is 7.45. The van der Waals surface area contributed by atoms with Gasteiger partial charge in [-0.15, -0.1) is 0 Å². The van der Waals surface area contributed by atoms with Crippen molar-refractivity contribution in [3.63, 3.8) is 0 Å². The van der Waals surface area contributed by atoms with Gasteiger partial charge in [-0.3, -0.25) is 0 Å². The lowest BCUT2D eigenvalue weighted by molar-refractivity contribution is 0.275. The molecule has 4 aromatic rings. The molecule has 5 nitrogen and oxygen atoms in total. The molecule has 304 valence electrons. The zero-order valence-corrected chi connectivity index (χ0v) is 36.1. The summed E-state index contributed by atoms with van der Waals surface area (Å²) in [6, 6.07) is 26.0. The van der Waals surface area contributed by atoms with Crippen molar-refractivity contribution in [2.75, 3.05) is 0 Å². The number of ether oxygens (including phenoxy) is 1. The standard InChI is InChI=1S/C50H66O.H3O4P/c1-7-9-11-13-15-17-25-31-47-45(35-33-43-27-21-19-22-28-43)41(5)39(3)37-49(47)51-50-38-40(4)42(6)46(36-34-44-29-23-20-24-30-44)48(50)32-26-18-16-14-12-10-8-2;1-5(2,3)4/h19-24,27-30,33-38H,7-18,25-26,31-32H2,1-6H3;(H3,1,2,3,4).